The molecule has 2 aromatic rings. The number of alkyl halides is 3. The largest absolute Gasteiger partial charge is 0.416 e. The predicted octanol–water partition coefficient (Wildman–Crippen LogP) is 4.62. The lowest BCUT2D eigenvalue weighted by Crippen LogP contribution is -2.47. The number of likely N-dealkylation sites (N-methyl/N-ethyl adjacent to an activating group) is 1. The number of halogens is 4. The molecule has 1 atom stereocenters. The maximum absolute atomic E-state index is 13.1. The number of fused-ring (bicyclic) bond motifs is 1. The highest BCUT2D eigenvalue weighted by Crippen LogP contribution is 2.34. The van der Waals surface area contributed by atoms with Crippen molar-refractivity contribution in [1.29, 1.82) is 0 Å². The molecule has 0 aliphatic heterocycles. The lowest BCUT2D eigenvalue weighted by Gasteiger charge is -2.31. The van der Waals surface area contributed by atoms with E-state index in [1.807, 2.05) is 26.0 Å². The van der Waals surface area contributed by atoms with Crippen molar-refractivity contribution in [3.8, 4) is 0 Å². The molecule has 2 N–H and O–H groups in total. The molecule has 10 heteroatoms. The van der Waals surface area contributed by atoms with Gasteiger partial charge in [-0.15, -0.1) is 0 Å². The molecule has 3 rings (SSSR count). The zero-order valence-electron chi connectivity index (χ0n) is 19.4. The molecule has 2 aromatic carbocycles. The SMILES string of the molecule is CN(CC(O)CNC(C)(C)CC1Cc2ccccc2C1)S(=O)(=O)c1cc(Br)cc(C(F)(F)F)c1. The summed E-state index contributed by atoms with van der Waals surface area (Å²) < 4.78 is 65.9. The fraction of sp³-hybridized carbons (Fsp3) is 0.500. The molecule has 1 unspecified atom stereocenters. The molecule has 5 nitrogen and oxygen atoms in total. The fourth-order valence-corrected chi connectivity index (χ4v) is 6.42. The van der Waals surface area contributed by atoms with Gasteiger partial charge in [0.25, 0.3) is 0 Å². The molecular formula is C24H30BrF3N2O3S. The van der Waals surface area contributed by atoms with Crippen molar-refractivity contribution in [1.82, 2.24) is 9.62 Å². The van der Waals surface area contributed by atoms with Crippen LogP contribution in [0.3, 0.4) is 0 Å². The van der Waals surface area contributed by atoms with E-state index in [1.165, 1.54) is 18.2 Å². The summed E-state index contributed by atoms with van der Waals surface area (Å²) in [5.74, 6) is 0.486. The molecule has 0 aromatic heterocycles. The van der Waals surface area contributed by atoms with Crippen LogP contribution in [0.15, 0.2) is 51.8 Å². The van der Waals surface area contributed by atoms with Gasteiger partial charge in [0.2, 0.25) is 10.0 Å². The van der Waals surface area contributed by atoms with Gasteiger partial charge in [0.15, 0.2) is 0 Å². The normalized spacial score (nSPS) is 16.1. The summed E-state index contributed by atoms with van der Waals surface area (Å²) in [6, 6.07) is 10.9. The molecule has 34 heavy (non-hydrogen) atoms. The molecule has 0 saturated heterocycles. The minimum atomic E-state index is -4.68. The Labute approximate surface area is 207 Å². The predicted molar refractivity (Wildman–Crippen MR) is 129 cm³/mol. The van der Waals surface area contributed by atoms with Gasteiger partial charge in [-0.3, -0.25) is 0 Å². The number of hydrogen-bond acceptors (Lipinski definition) is 4. The molecule has 0 radical (unpaired) electrons. The average Bonchev–Trinajstić information content (AvgIpc) is 3.12. The van der Waals surface area contributed by atoms with Crippen LogP contribution >= 0.6 is 15.9 Å². The van der Waals surface area contributed by atoms with Gasteiger partial charge in [-0.2, -0.15) is 17.5 Å². The van der Waals surface area contributed by atoms with Crippen molar-refractivity contribution in [3.05, 3.63) is 63.6 Å². The van der Waals surface area contributed by atoms with Crippen LogP contribution in [0, 0.1) is 5.92 Å². The van der Waals surface area contributed by atoms with E-state index in [2.05, 4.69) is 33.4 Å². The Balaban J connectivity index is 1.57. The second kappa shape index (κ2) is 10.3. The number of benzene rings is 2. The quantitative estimate of drug-likeness (QED) is 0.467. The van der Waals surface area contributed by atoms with Gasteiger partial charge in [0.1, 0.15) is 0 Å². The molecule has 0 bridgehead atoms. The topological polar surface area (TPSA) is 69.6 Å². The van der Waals surface area contributed by atoms with Gasteiger partial charge < -0.3 is 10.4 Å². The van der Waals surface area contributed by atoms with Crippen molar-refractivity contribution in [2.45, 2.75) is 55.8 Å². The van der Waals surface area contributed by atoms with Gasteiger partial charge >= 0.3 is 6.18 Å². The summed E-state index contributed by atoms with van der Waals surface area (Å²) in [5, 5.41) is 13.8. The molecule has 0 amide bonds. The van der Waals surface area contributed by atoms with Crippen LogP contribution in [-0.2, 0) is 29.0 Å². The molecule has 188 valence electrons. The van der Waals surface area contributed by atoms with Crippen molar-refractivity contribution in [3.63, 3.8) is 0 Å². The Hall–Kier alpha value is -1.46. The summed E-state index contributed by atoms with van der Waals surface area (Å²) >= 11 is 2.95. The van der Waals surface area contributed by atoms with Crippen LogP contribution in [0.1, 0.15) is 37.0 Å². The van der Waals surface area contributed by atoms with Gasteiger partial charge in [-0.05, 0) is 68.4 Å². The first-order valence-electron chi connectivity index (χ1n) is 11.0. The van der Waals surface area contributed by atoms with Gasteiger partial charge in [0, 0.05) is 30.1 Å². The number of nitrogens with one attached hydrogen (secondary N) is 1. The van der Waals surface area contributed by atoms with E-state index in [0.29, 0.717) is 12.0 Å². The van der Waals surface area contributed by atoms with Crippen LogP contribution in [0.4, 0.5) is 13.2 Å². The maximum atomic E-state index is 13.1. The number of β-amino-alcohol motifs (C(OH)–C–C–N with tert-alkyl or cyclic N) is 1. The zero-order valence-corrected chi connectivity index (χ0v) is 21.8. The number of nitrogens with zero attached hydrogens (tertiary/aromatic N) is 1. The summed E-state index contributed by atoms with van der Waals surface area (Å²) in [6.07, 6.45) is -2.80. The Morgan fingerprint density at radius 3 is 2.29 bits per heavy atom. The lowest BCUT2D eigenvalue weighted by atomic mass is 9.88. The minimum Gasteiger partial charge on any atom is -0.390 e. The number of aliphatic hydroxyl groups excluding tert-OH is 1. The Bertz CT molecular complexity index is 1100. The van der Waals surface area contributed by atoms with Gasteiger partial charge in [0.05, 0.1) is 16.6 Å². The maximum Gasteiger partial charge on any atom is 0.416 e. The fourth-order valence-electron chi connectivity index (χ4n) is 4.50. The van der Waals surface area contributed by atoms with Crippen molar-refractivity contribution in [2.75, 3.05) is 20.1 Å². The highest BCUT2D eigenvalue weighted by Gasteiger charge is 2.34. The van der Waals surface area contributed by atoms with Gasteiger partial charge in [-0.1, -0.05) is 40.2 Å². The van der Waals surface area contributed by atoms with E-state index in [-0.39, 0.29) is 23.1 Å². The number of sulfonamides is 1. The molecule has 0 heterocycles. The van der Waals surface area contributed by atoms with Crippen molar-refractivity contribution in [2.24, 2.45) is 5.92 Å². The number of hydrogen-bond donors (Lipinski definition) is 2. The monoisotopic (exact) mass is 562 g/mol. The average molecular weight is 563 g/mol. The third kappa shape index (κ3) is 6.81. The van der Waals surface area contributed by atoms with Crippen LogP contribution in [0.2, 0.25) is 0 Å². The molecule has 0 fully saturated rings. The lowest BCUT2D eigenvalue weighted by molar-refractivity contribution is -0.137. The second-order valence-electron chi connectivity index (χ2n) is 9.62. The standard InChI is InChI=1S/C24H30BrF3N2O3S/c1-23(2,13-16-8-17-6-4-5-7-18(17)9-16)29-14-21(31)15-30(3)34(32,33)22-11-19(24(26,27)28)10-20(25)12-22/h4-7,10-12,16,21,29,31H,8-9,13-15H2,1-3H3. The Morgan fingerprint density at radius 2 is 1.74 bits per heavy atom. The van der Waals surface area contributed by atoms with Crippen LogP contribution < -0.4 is 5.32 Å². The third-order valence-corrected chi connectivity index (χ3v) is 8.38. The van der Waals surface area contributed by atoms with Crippen molar-refractivity contribution >= 4 is 26.0 Å². The van der Waals surface area contributed by atoms with Gasteiger partial charge in [-0.25, -0.2) is 8.42 Å². The van der Waals surface area contributed by atoms with E-state index in [1.54, 1.807) is 0 Å². The minimum absolute atomic E-state index is 0.00679. The first-order valence-corrected chi connectivity index (χ1v) is 13.2. The third-order valence-electron chi connectivity index (χ3n) is 6.13. The van der Waals surface area contributed by atoms with E-state index < -0.39 is 32.8 Å². The summed E-state index contributed by atoms with van der Waals surface area (Å²) in [6.45, 7) is 3.99. The van der Waals surface area contributed by atoms with Crippen LogP contribution in [0.25, 0.3) is 0 Å². The first-order chi connectivity index (χ1) is 15.7. The van der Waals surface area contributed by atoms with Crippen LogP contribution in [-0.4, -0.2) is 49.6 Å². The Kier molecular flexibility index (Phi) is 8.19. The first kappa shape index (κ1) is 27.1. The molecule has 0 spiro atoms. The highest BCUT2D eigenvalue weighted by molar-refractivity contribution is 9.10. The van der Waals surface area contributed by atoms with E-state index in [4.69, 9.17) is 0 Å². The summed E-state index contributed by atoms with van der Waals surface area (Å²) in [4.78, 5) is -0.488. The number of rotatable bonds is 9. The molecule has 1 aliphatic rings. The second-order valence-corrected chi connectivity index (χ2v) is 12.6. The smallest absolute Gasteiger partial charge is 0.390 e. The molecule has 1 aliphatic carbocycles. The van der Waals surface area contributed by atoms with E-state index in [9.17, 15) is 26.7 Å². The van der Waals surface area contributed by atoms with Crippen molar-refractivity contribution < 1.29 is 26.7 Å². The Morgan fingerprint density at radius 1 is 1.15 bits per heavy atom. The molecule has 0 saturated carbocycles. The molecular weight excluding hydrogens is 533 g/mol. The summed E-state index contributed by atoms with van der Waals surface area (Å²) in [7, 11) is -2.98. The van der Waals surface area contributed by atoms with Crippen LogP contribution in [0.5, 0.6) is 0 Å². The van der Waals surface area contributed by atoms with E-state index in [0.717, 1.165) is 35.7 Å². The van der Waals surface area contributed by atoms with E-state index >= 15 is 0 Å². The zero-order chi connectivity index (χ0) is 25.3. The highest BCUT2D eigenvalue weighted by atomic mass is 79.9. The number of aliphatic hydroxyl groups is 1. The summed E-state index contributed by atoms with van der Waals surface area (Å²) in [5.41, 5.74) is 1.40.